The van der Waals surface area contributed by atoms with Crippen LogP contribution >= 0.6 is 23.1 Å². The molecule has 114 valence electrons. The lowest BCUT2D eigenvalue weighted by molar-refractivity contribution is 0.353. The van der Waals surface area contributed by atoms with Gasteiger partial charge in [0, 0.05) is 29.1 Å². The fraction of sp³-hybridized carbons (Fsp3) is 0.400. The summed E-state index contributed by atoms with van der Waals surface area (Å²) in [6.45, 7) is 3.62. The molecule has 1 N–H and O–H groups in total. The van der Waals surface area contributed by atoms with Gasteiger partial charge in [-0.05, 0) is 30.9 Å². The zero-order valence-corrected chi connectivity index (χ0v) is 14.4. The van der Waals surface area contributed by atoms with Gasteiger partial charge in [-0.15, -0.1) is 23.1 Å². The Morgan fingerprint density at radius 3 is 2.48 bits per heavy atom. The average Bonchev–Trinajstić information content (AvgIpc) is 2.92. The van der Waals surface area contributed by atoms with Gasteiger partial charge in [0.25, 0.3) is 0 Å². The van der Waals surface area contributed by atoms with Crippen molar-refractivity contribution in [3.8, 4) is 11.5 Å². The normalized spacial score (nSPS) is 10.7. The molecule has 6 heteroatoms. The fourth-order valence-electron chi connectivity index (χ4n) is 2.02. The van der Waals surface area contributed by atoms with E-state index in [1.807, 2.05) is 18.3 Å². The number of thioether (sulfide) groups is 1. The van der Waals surface area contributed by atoms with Gasteiger partial charge in [0.2, 0.25) is 0 Å². The van der Waals surface area contributed by atoms with E-state index in [0.717, 1.165) is 29.6 Å². The van der Waals surface area contributed by atoms with Crippen molar-refractivity contribution < 1.29 is 9.47 Å². The molecule has 0 amide bonds. The van der Waals surface area contributed by atoms with E-state index in [0.29, 0.717) is 0 Å². The van der Waals surface area contributed by atoms with Gasteiger partial charge in [0.05, 0.1) is 14.2 Å². The molecule has 21 heavy (non-hydrogen) atoms. The third-order valence-electron chi connectivity index (χ3n) is 3.05. The largest absolute Gasteiger partial charge is 0.493 e. The minimum absolute atomic E-state index is 0.761. The van der Waals surface area contributed by atoms with Crippen molar-refractivity contribution in [1.29, 1.82) is 0 Å². The molecule has 0 aliphatic carbocycles. The highest BCUT2D eigenvalue weighted by Crippen LogP contribution is 2.34. The zero-order valence-electron chi connectivity index (χ0n) is 12.7. The minimum Gasteiger partial charge on any atom is -0.493 e. The quantitative estimate of drug-likeness (QED) is 0.790. The van der Waals surface area contributed by atoms with Crippen molar-refractivity contribution in [2.24, 2.45) is 0 Å². The smallest absolute Gasteiger partial charge is 0.161 e. The molecular formula is C15H20N2O2S2. The van der Waals surface area contributed by atoms with Crippen molar-refractivity contribution in [3.63, 3.8) is 0 Å². The molecule has 0 aliphatic rings. The second-order valence-electron chi connectivity index (χ2n) is 4.49. The van der Waals surface area contributed by atoms with Crippen LogP contribution in [0.15, 0.2) is 23.2 Å². The summed E-state index contributed by atoms with van der Waals surface area (Å²) in [5.41, 5.74) is 1.20. The van der Waals surface area contributed by atoms with Crippen LogP contribution in [0.4, 0.5) is 0 Å². The van der Waals surface area contributed by atoms with E-state index in [1.165, 1.54) is 15.3 Å². The number of hydrogen-bond acceptors (Lipinski definition) is 6. The SMILES string of the molecule is COc1cc(CNCc2ncc(C)s2)c(SC)cc1OC. The summed E-state index contributed by atoms with van der Waals surface area (Å²) in [6.07, 6.45) is 3.97. The lowest BCUT2D eigenvalue weighted by atomic mass is 10.2. The monoisotopic (exact) mass is 324 g/mol. The van der Waals surface area contributed by atoms with Gasteiger partial charge in [0.15, 0.2) is 11.5 Å². The number of nitrogens with one attached hydrogen (secondary N) is 1. The van der Waals surface area contributed by atoms with Crippen LogP contribution < -0.4 is 14.8 Å². The van der Waals surface area contributed by atoms with E-state index >= 15 is 0 Å². The topological polar surface area (TPSA) is 43.4 Å². The zero-order chi connectivity index (χ0) is 15.2. The molecule has 0 saturated carbocycles. The molecule has 1 heterocycles. The van der Waals surface area contributed by atoms with Crippen molar-refractivity contribution in [1.82, 2.24) is 10.3 Å². The summed E-state index contributed by atoms with van der Waals surface area (Å²) in [6, 6.07) is 4.05. The van der Waals surface area contributed by atoms with Crippen LogP contribution in [-0.4, -0.2) is 25.5 Å². The van der Waals surface area contributed by atoms with Gasteiger partial charge in [-0.25, -0.2) is 4.98 Å². The Morgan fingerprint density at radius 1 is 1.19 bits per heavy atom. The number of aromatic nitrogens is 1. The second-order valence-corrected chi connectivity index (χ2v) is 6.65. The minimum atomic E-state index is 0.761. The fourth-order valence-corrected chi connectivity index (χ4v) is 3.39. The number of ether oxygens (including phenoxy) is 2. The maximum Gasteiger partial charge on any atom is 0.161 e. The van der Waals surface area contributed by atoms with Crippen LogP contribution in [0.3, 0.4) is 0 Å². The Morgan fingerprint density at radius 2 is 1.90 bits per heavy atom. The number of nitrogens with zero attached hydrogens (tertiary/aromatic N) is 1. The molecule has 0 spiro atoms. The third-order valence-corrected chi connectivity index (χ3v) is 4.78. The predicted molar refractivity (Wildman–Crippen MR) is 88.7 cm³/mol. The van der Waals surface area contributed by atoms with Crippen molar-refractivity contribution >= 4 is 23.1 Å². The Hall–Kier alpha value is -1.24. The predicted octanol–water partition coefficient (Wildman–Crippen LogP) is 3.48. The molecule has 0 atom stereocenters. The maximum atomic E-state index is 5.37. The third kappa shape index (κ3) is 4.12. The van der Waals surface area contributed by atoms with E-state index in [-0.39, 0.29) is 0 Å². The number of hydrogen-bond donors (Lipinski definition) is 1. The molecule has 4 nitrogen and oxygen atoms in total. The first kappa shape index (κ1) is 16.1. The van der Waals surface area contributed by atoms with E-state index in [9.17, 15) is 0 Å². The first-order valence-electron chi connectivity index (χ1n) is 6.58. The molecule has 0 fully saturated rings. The van der Waals surface area contributed by atoms with Crippen LogP contribution in [0.2, 0.25) is 0 Å². The van der Waals surface area contributed by atoms with Crippen LogP contribution in [-0.2, 0) is 13.1 Å². The first-order chi connectivity index (χ1) is 10.2. The van der Waals surface area contributed by atoms with E-state index in [4.69, 9.17) is 9.47 Å². The highest BCUT2D eigenvalue weighted by molar-refractivity contribution is 7.98. The van der Waals surface area contributed by atoms with Gasteiger partial charge in [-0.1, -0.05) is 0 Å². The summed E-state index contributed by atoms with van der Waals surface area (Å²) in [5.74, 6) is 1.53. The Labute approximate surface area is 133 Å². The van der Waals surface area contributed by atoms with Crippen LogP contribution in [0.1, 0.15) is 15.4 Å². The van der Waals surface area contributed by atoms with Crippen molar-refractivity contribution in [2.45, 2.75) is 24.9 Å². The standard InChI is InChI=1S/C15H20N2O2S2/c1-10-7-17-15(21-10)9-16-8-11-5-12(18-2)13(19-3)6-14(11)20-4/h5-7,16H,8-9H2,1-4H3. The molecule has 0 radical (unpaired) electrons. The van der Waals surface area contributed by atoms with E-state index in [2.05, 4.69) is 23.5 Å². The number of rotatable bonds is 7. The highest BCUT2D eigenvalue weighted by atomic mass is 32.2. The van der Waals surface area contributed by atoms with Gasteiger partial charge in [0.1, 0.15) is 5.01 Å². The van der Waals surface area contributed by atoms with Gasteiger partial charge >= 0.3 is 0 Å². The summed E-state index contributed by atoms with van der Waals surface area (Å²) in [7, 11) is 3.32. The van der Waals surface area contributed by atoms with E-state index < -0.39 is 0 Å². The maximum absolute atomic E-state index is 5.37. The molecule has 2 aromatic rings. The Balaban J connectivity index is 2.07. The summed E-state index contributed by atoms with van der Waals surface area (Å²) in [4.78, 5) is 6.79. The molecular weight excluding hydrogens is 304 g/mol. The summed E-state index contributed by atoms with van der Waals surface area (Å²) in [5, 5.41) is 4.54. The number of aryl methyl sites for hydroxylation is 1. The van der Waals surface area contributed by atoms with Gasteiger partial charge in [-0.2, -0.15) is 0 Å². The molecule has 1 aromatic carbocycles. The molecule has 0 saturated heterocycles. The average molecular weight is 324 g/mol. The molecule has 0 aliphatic heterocycles. The van der Waals surface area contributed by atoms with Crippen molar-refractivity contribution in [3.05, 3.63) is 33.8 Å². The van der Waals surface area contributed by atoms with Gasteiger partial charge < -0.3 is 14.8 Å². The number of methoxy groups -OCH3 is 2. The number of thiazole rings is 1. The lowest BCUT2D eigenvalue weighted by Crippen LogP contribution is -2.13. The first-order valence-corrected chi connectivity index (χ1v) is 8.63. The molecule has 0 bridgehead atoms. The molecule has 1 aromatic heterocycles. The highest BCUT2D eigenvalue weighted by Gasteiger charge is 2.10. The van der Waals surface area contributed by atoms with Crippen LogP contribution in [0, 0.1) is 6.92 Å². The van der Waals surface area contributed by atoms with Crippen LogP contribution in [0.5, 0.6) is 11.5 Å². The molecule has 2 rings (SSSR count). The lowest BCUT2D eigenvalue weighted by Gasteiger charge is -2.14. The Kier molecular flexibility index (Phi) is 5.90. The van der Waals surface area contributed by atoms with E-state index in [1.54, 1.807) is 37.3 Å². The molecule has 0 unspecified atom stereocenters. The number of benzene rings is 1. The summed E-state index contributed by atoms with van der Waals surface area (Å²) < 4.78 is 10.7. The summed E-state index contributed by atoms with van der Waals surface area (Å²) >= 11 is 3.43. The second kappa shape index (κ2) is 7.68. The van der Waals surface area contributed by atoms with Crippen LogP contribution in [0.25, 0.3) is 0 Å². The van der Waals surface area contributed by atoms with Crippen molar-refractivity contribution in [2.75, 3.05) is 20.5 Å². The Bertz CT molecular complexity index is 599. The van der Waals surface area contributed by atoms with Gasteiger partial charge in [-0.3, -0.25) is 0 Å².